The molecule has 0 saturated heterocycles. The number of nitrogens with one attached hydrogen (secondary N) is 1. The van der Waals surface area contributed by atoms with Gasteiger partial charge < -0.3 is 19.9 Å². The Morgan fingerprint density at radius 1 is 1.23 bits per heavy atom. The van der Waals surface area contributed by atoms with Crippen LogP contribution in [0.2, 0.25) is 0 Å². The SMILES string of the molecule is CC1(NC(=O)O)CCOc2cc(-c3cccc(OC(F)(F)F)c3)ccc21. The van der Waals surface area contributed by atoms with Crippen LogP contribution in [0.1, 0.15) is 18.9 Å². The average Bonchev–Trinajstić information content (AvgIpc) is 2.52. The van der Waals surface area contributed by atoms with Crippen molar-refractivity contribution in [1.29, 1.82) is 0 Å². The molecule has 0 radical (unpaired) electrons. The fraction of sp³-hybridized carbons (Fsp3) is 0.278. The van der Waals surface area contributed by atoms with Gasteiger partial charge in [-0.15, -0.1) is 13.2 Å². The molecule has 1 unspecified atom stereocenters. The number of amides is 1. The monoisotopic (exact) mass is 367 g/mol. The van der Waals surface area contributed by atoms with Crippen molar-refractivity contribution in [3.05, 3.63) is 48.0 Å². The van der Waals surface area contributed by atoms with Gasteiger partial charge >= 0.3 is 12.5 Å². The summed E-state index contributed by atoms with van der Waals surface area (Å²) in [4.78, 5) is 11.1. The van der Waals surface area contributed by atoms with E-state index in [1.165, 1.54) is 18.2 Å². The zero-order valence-corrected chi connectivity index (χ0v) is 13.8. The summed E-state index contributed by atoms with van der Waals surface area (Å²) in [6, 6.07) is 10.7. The molecule has 1 amide bonds. The molecule has 26 heavy (non-hydrogen) atoms. The highest BCUT2D eigenvalue weighted by atomic mass is 19.4. The molecular formula is C18H16F3NO4. The lowest BCUT2D eigenvalue weighted by Gasteiger charge is -2.35. The van der Waals surface area contributed by atoms with Gasteiger partial charge in [0.05, 0.1) is 12.1 Å². The summed E-state index contributed by atoms with van der Waals surface area (Å²) in [7, 11) is 0. The van der Waals surface area contributed by atoms with Crippen molar-refractivity contribution in [3.63, 3.8) is 0 Å². The Balaban J connectivity index is 1.95. The number of rotatable bonds is 3. The number of hydrogen-bond donors (Lipinski definition) is 2. The molecule has 3 rings (SSSR count). The Hall–Kier alpha value is -2.90. The number of alkyl halides is 3. The van der Waals surface area contributed by atoms with Gasteiger partial charge in [0, 0.05) is 12.0 Å². The number of carbonyl (C=O) groups is 1. The summed E-state index contributed by atoms with van der Waals surface area (Å²) in [5.74, 6) is 0.179. The van der Waals surface area contributed by atoms with Crippen molar-refractivity contribution in [3.8, 4) is 22.6 Å². The van der Waals surface area contributed by atoms with E-state index in [2.05, 4.69) is 10.1 Å². The zero-order chi connectivity index (χ0) is 18.9. The molecule has 138 valence electrons. The molecule has 0 saturated carbocycles. The standard InChI is InChI=1S/C18H16F3NO4/c1-17(22-16(23)24)7-8-25-15-10-12(5-6-14(15)17)11-3-2-4-13(9-11)26-18(19,20)21/h2-6,9-10,22H,7-8H2,1H3,(H,23,24). The van der Waals surface area contributed by atoms with Crippen LogP contribution < -0.4 is 14.8 Å². The van der Waals surface area contributed by atoms with Crippen molar-refractivity contribution in [2.24, 2.45) is 0 Å². The van der Waals surface area contributed by atoms with Crippen LogP contribution in [0.3, 0.4) is 0 Å². The molecule has 2 aromatic rings. The smallest absolute Gasteiger partial charge is 0.493 e. The number of ether oxygens (including phenoxy) is 2. The Labute approximate surface area is 147 Å². The zero-order valence-electron chi connectivity index (χ0n) is 13.8. The second-order valence-corrected chi connectivity index (χ2v) is 6.15. The van der Waals surface area contributed by atoms with Crippen molar-refractivity contribution in [2.75, 3.05) is 6.61 Å². The van der Waals surface area contributed by atoms with Crippen LogP contribution in [0.4, 0.5) is 18.0 Å². The Bertz CT molecular complexity index is 837. The van der Waals surface area contributed by atoms with Gasteiger partial charge in [0.25, 0.3) is 0 Å². The first-order chi connectivity index (χ1) is 12.2. The first kappa shape index (κ1) is 17.9. The van der Waals surface area contributed by atoms with Gasteiger partial charge in [-0.2, -0.15) is 0 Å². The van der Waals surface area contributed by atoms with E-state index in [9.17, 15) is 18.0 Å². The quantitative estimate of drug-likeness (QED) is 0.837. The second-order valence-electron chi connectivity index (χ2n) is 6.15. The molecule has 0 spiro atoms. The van der Waals surface area contributed by atoms with Gasteiger partial charge in [-0.25, -0.2) is 4.79 Å². The van der Waals surface area contributed by atoms with E-state index in [1.54, 1.807) is 31.2 Å². The summed E-state index contributed by atoms with van der Waals surface area (Å²) >= 11 is 0. The summed E-state index contributed by atoms with van der Waals surface area (Å²) in [5.41, 5.74) is 1.05. The minimum absolute atomic E-state index is 0.314. The van der Waals surface area contributed by atoms with E-state index in [0.717, 1.165) is 0 Å². The Morgan fingerprint density at radius 2 is 1.96 bits per heavy atom. The van der Waals surface area contributed by atoms with E-state index in [0.29, 0.717) is 35.5 Å². The highest BCUT2D eigenvalue weighted by Gasteiger charge is 2.35. The minimum atomic E-state index is -4.76. The molecule has 0 bridgehead atoms. The van der Waals surface area contributed by atoms with E-state index < -0.39 is 18.0 Å². The third-order valence-electron chi connectivity index (χ3n) is 4.22. The molecule has 1 aliphatic rings. The number of fused-ring (bicyclic) bond motifs is 1. The molecule has 0 aliphatic carbocycles. The molecule has 5 nitrogen and oxygen atoms in total. The lowest BCUT2D eigenvalue weighted by Crippen LogP contribution is -2.46. The van der Waals surface area contributed by atoms with Gasteiger partial charge in [0.1, 0.15) is 11.5 Å². The third kappa shape index (κ3) is 3.84. The predicted octanol–water partition coefficient (Wildman–Crippen LogP) is 4.52. The highest BCUT2D eigenvalue weighted by Crippen LogP contribution is 2.39. The Kier molecular flexibility index (Phi) is 4.43. The second kappa shape index (κ2) is 6.44. The Morgan fingerprint density at radius 3 is 2.65 bits per heavy atom. The summed E-state index contributed by atoms with van der Waals surface area (Å²) in [6.07, 6.45) is -5.43. The topological polar surface area (TPSA) is 67.8 Å². The lowest BCUT2D eigenvalue weighted by molar-refractivity contribution is -0.274. The first-order valence-electron chi connectivity index (χ1n) is 7.81. The fourth-order valence-corrected chi connectivity index (χ4v) is 3.02. The largest absolute Gasteiger partial charge is 0.573 e. The van der Waals surface area contributed by atoms with Gasteiger partial charge in [0.2, 0.25) is 0 Å². The van der Waals surface area contributed by atoms with E-state index in [1.807, 2.05) is 0 Å². The van der Waals surface area contributed by atoms with Crippen molar-refractivity contribution < 1.29 is 32.5 Å². The van der Waals surface area contributed by atoms with Crippen molar-refractivity contribution in [1.82, 2.24) is 5.32 Å². The molecule has 2 aromatic carbocycles. The van der Waals surface area contributed by atoms with E-state index >= 15 is 0 Å². The van der Waals surface area contributed by atoms with E-state index in [4.69, 9.17) is 9.84 Å². The van der Waals surface area contributed by atoms with Crippen molar-refractivity contribution >= 4 is 6.09 Å². The van der Waals surface area contributed by atoms with Gasteiger partial charge in [0.15, 0.2) is 0 Å². The van der Waals surface area contributed by atoms with Crippen LogP contribution in [-0.2, 0) is 5.54 Å². The molecular weight excluding hydrogens is 351 g/mol. The van der Waals surface area contributed by atoms with Crippen LogP contribution in [-0.4, -0.2) is 24.2 Å². The maximum atomic E-state index is 12.4. The predicted molar refractivity (Wildman–Crippen MR) is 87.2 cm³/mol. The molecule has 1 aliphatic heterocycles. The summed E-state index contributed by atoms with van der Waals surface area (Å²) in [6.45, 7) is 2.09. The lowest BCUT2D eigenvalue weighted by atomic mass is 9.85. The van der Waals surface area contributed by atoms with Crippen LogP contribution in [0.5, 0.6) is 11.5 Å². The van der Waals surface area contributed by atoms with Gasteiger partial charge in [-0.05, 0) is 36.2 Å². The summed E-state index contributed by atoms with van der Waals surface area (Å²) < 4.78 is 46.8. The molecule has 0 fully saturated rings. The molecule has 8 heteroatoms. The van der Waals surface area contributed by atoms with Crippen molar-refractivity contribution in [2.45, 2.75) is 25.2 Å². The average molecular weight is 367 g/mol. The molecule has 1 heterocycles. The number of carboxylic acid groups (broad SMARTS) is 1. The third-order valence-corrected chi connectivity index (χ3v) is 4.22. The number of benzene rings is 2. The van der Waals surface area contributed by atoms with Crippen LogP contribution in [0, 0.1) is 0 Å². The van der Waals surface area contributed by atoms with Crippen LogP contribution in [0.25, 0.3) is 11.1 Å². The van der Waals surface area contributed by atoms with Crippen LogP contribution >= 0.6 is 0 Å². The molecule has 1 atom stereocenters. The normalized spacial score (nSPS) is 19.2. The van der Waals surface area contributed by atoms with E-state index in [-0.39, 0.29) is 5.75 Å². The van der Waals surface area contributed by atoms with Gasteiger partial charge in [-0.1, -0.05) is 24.3 Å². The number of halogens is 3. The summed E-state index contributed by atoms with van der Waals surface area (Å²) in [5, 5.41) is 11.6. The molecule has 0 aromatic heterocycles. The van der Waals surface area contributed by atoms with Crippen LogP contribution in [0.15, 0.2) is 42.5 Å². The number of hydrogen-bond acceptors (Lipinski definition) is 3. The fourth-order valence-electron chi connectivity index (χ4n) is 3.02. The first-order valence-corrected chi connectivity index (χ1v) is 7.81. The maximum absolute atomic E-state index is 12.4. The highest BCUT2D eigenvalue weighted by molar-refractivity contribution is 5.70. The molecule has 2 N–H and O–H groups in total. The maximum Gasteiger partial charge on any atom is 0.573 e. The van der Waals surface area contributed by atoms with Gasteiger partial charge in [-0.3, -0.25) is 0 Å². The minimum Gasteiger partial charge on any atom is -0.493 e.